The van der Waals surface area contributed by atoms with Gasteiger partial charge in [-0.2, -0.15) is 0 Å². The molecule has 0 saturated heterocycles. The van der Waals surface area contributed by atoms with Crippen LogP contribution < -0.4 is 15.4 Å². The molecule has 0 aliphatic heterocycles. The third-order valence-electron chi connectivity index (χ3n) is 2.55. The molecule has 0 aromatic heterocycles. The number of ether oxygens (including phenoxy) is 1. The highest BCUT2D eigenvalue weighted by atomic mass is 35.5. The monoisotopic (exact) mass is 284 g/mol. The summed E-state index contributed by atoms with van der Waals surface area (Å²) in [7, 11) is 1.49. The molecule has 1 aromatic carbocycles. The van der Waals surface area contributed by atoms with Crippen LogP contribution in [0.3, 0.4) is 0 Å². The van der Waals surface area contributed by atoms with Crippen molar-refractivity contribution in [2.24, 2.45) is 0 Å². The van der Waals surface area contributed by atoms with Gasteiger partial charge in [0, 0.05) is 18.0 Å². The maximum Gasteiger partial charge on any atom is 0.246 e. The summed E-state index contributed by atoms with van der Waals surface area (Å²) in [6.45, 7) is 4.79. The first kappa shape index (κ1) is 15.3. The second-order valence-corrected chi connectivity index (χ2v) is 4.62. The molecule has 5 nitrogen and oxygen atoms in total. The van der Waals surface area contributed by atoms with Crippen LogP contribution in [0.2, 0.25) is 5.02 Å². The third kappa shape index (κ3) is 4.13. The van der Waals surface area contributed by atoms with Crippen molar-refractivity contribution in [3.63, 3.8) is 0 Å². The fourth-order valence-corrected chi connectivity index (χ4v) is 1.69. The highest BCUT2D eigenvalue weighted by Crippen LogP contribution is 2.30. The number of amides is 2. The van der Waals surface area contributed by atoms with Gasteiger partial charge in [0.25, 0.3) is 0 Å². The van der Waals surface area contributed by atoms with Gasteiger partial charge in [0.1, 0.15) is 11.8 Å². The minimum atomic E-state index is -0.627. The highest BCUT2D eigenvalue weighted by Gasteiger charge is 2.16. The van der Waals surface area contributed by atoms with E-state index in [1.54, 1.807) is 19.1 Å². The Morgan fingerprint density at radius 2 is 2.00 bits per heavy atom. The minimum absolute atomic E-state index is 0.262. The standard InChI is InChI=1S/C13H17ClN2O3/c1-7-5-11(12(19-4)6-10(7)14)16-13(18)8(2)15-9(3)17/h5-6,8H,1-4H3,(H,15,17)(H,16,18). The molecule has 104 valence electrons. The fraction of sp³-hybridized carbons (Fsp3) is 0.385. The van der Waals surface area contributed by atoms with Crippen LogP contribution in [0.5, 0.6) is 5.75 Å². The Balaban J connectivity index is 2.90. The van der Waals surface area contributed by atoms with Crippen molar-refractivity contribution in [3.05, 3.63) is 22.7 Å². The molecule has 6 heteroatoms. The van der Waals surface area contributed by atoms with Gasteiger partial charge in [-0.1, -0.05) is 11.6 Å². The van der Waals surface area contributed by atoms with E-state index >= 15 is 0 Å². The van der Waals surface area contributed by atoms with Crippen LogP contribution in [0.4, 0.5) is 5.69 Å². The molecular formula is C13H17ClN2O3. The predicted molar refractivity (Wildman–Crippen MR) is 74.6 cm³/mol. The van der Waals surface area contributed by atoms with Gasteiger partial charge in [0.05, 0.1) is 12.8 Å². The van der Waals surface area contributed by atoms with Gasteiger partial charge in [0.2, 0.25) is 11.8 Å². The zero-order chi connectivity index (χ0) is 14.6. The Hall–Kier alpha value is -1.75. The van der Waals surface area contributed by atoms with Gasteiger partial charge < -0.3 is 15.4 Å². The van der Waals surface area contributed by atoms with Crippen molar-refractivity contribution < 1.29 is 14.3 Å². The molecule has 2 N–H and O–H groups in total. The summed E-state index contributed by atoms with van der Waals surface area (Å²) in [5.41, 5.74) is 1.34. The maximum absolute atomic E-state index is 11.9. The van der Waals surface area contributed by atoms with Crippen molar-refractivity contribution in [1.82, 2.24) is 5.32 Å². The highest BCUT2D eigenvalue weighted by molar-refractivity contribution is 6.31. The molecule has 0 radical (unpaired) electrons. The lowest BCUT2D eigenvalue weighted by Crippen LogP contribution is -2.40. The molecule has 0 fully saturated rings. The van der Waals surface area contributed by atoms with E-state index in [2.05, 4.69) is 10.6 Å². The van der Waals surface area contributed by atoms with Crippen LogP contribution in [-0.2, 0) is 9.59 Å². The number of aryl methyl sites for hydroxylation is 1. The minimum Gasteiger partial charge on any atom is -0.495 e. The number of hydrogen-bond donors (Lipinski definition) is 2. The van der Waals surface area contributed by atoms with Crippen LogP contribution >= 0.6 is 11.6 Å². The smallest absolute Gasteiger partial charge is 0.246 e. The molecule has 0 bridgehead atoms. The van der Waals surface area contributed by atoms with E-state index in [0.29, 0.717) is 16.5 Å². The van der Waals surface area contributed by atoms with Gasteiger partial charge in [-0.25, -0.2) is 0 Å². The molecule has 1 aromatic rings. The largest absolute Gasteiger partial charge is 0.495 e. The molecule has 1 unspecified atom stereocenters. The summed E-state index contributed by atoms with van der Waals surface area (Å²) >= 11 is 5.98. The second-order valence-electron chi connectivity index (χ2n) is 4.21. The van der Waals surface area contributed by atoms with Crippen LogP contribution in [0, 0.1) is 6.92 Å². The van der Waals surface area contributed by atoms with Crippen LogP contribution in [-0.4, -0.2) is 25.0 Å². The Bertz CT molecular complexity index is 503. The Morgan fingerprint density at radius 3 is 2.53 bits per heavy atom. The van der Waals surface area contributed by atoms with E-state index in [-0.39, 0.29) is 11.8 Å². The molecule has 2 amide bonds. The fourth-order valence-electron chi connectivity index (χ4n) is 1.54. The zero-order valence-electron chi connectivity index (χ0n) is 11.3. The lowest BCUT2D eigenvalue weighted by molar-refractivity contribution is -0.124. The molecule has 0 heterocycles. The molecule has 0 spiro atoms. The van der Waals surface area contributed by atoms with Gasteiger partial charge in [0.15, 0.2) is 0 Å². The number of anilines is 1. The molecular weight excluding hydrogens is 268 g/mol. The number of rotatable bonds is 4. The summed E-state index contributed by atoms with van der Waals surface area (Å²) in [6.07, 6.45) is 0. The van der Waals surface area contributed by atoms with Crippen LogP contribution in [0.1, 0.15) is 19.4 Å². The summed E-state index contributed by atoms with van der Waals surface area (Å²) in [6, 6.07) is 2.73. The van der Waals surface area contributed by atoms with E-state index in [1.807, 2.05) is 6.92 Å². The zero-order valence-corrected chi connectivity index (χ0v) is 12.1. The number of halogens is 1. The molecule has 0 saturated carbocycles. The lowest BCUT2D eigenvalue weighted by Gasteiger charge is -2.16. The van der Waals surface area contributed by atoms with Crippen LogP contribution in [0.25, 0.3) is 0 Å². The van der Waals surface area contributed by atoms with Gasteiger partial charge in [-0.3, -0.25) is 9.59 Å². The summed E-state index contributed by atoms with van der Waals surface area (Å²) in [5, 5.41) is 5.77. The second kappa shape index (κ2) is 6.43. The molecule has 1 atom stereocenters. The van der Waals surface area contributed by atoms with Crippen molar-refractivity contribution in [1.29, 1.82) is 0 Å². The molecule has 19 heavy (non-hydrogen) atoms. The number of methoxy groups -OCH3 is 1. The number of hydrogen-bond acceptors (Lipinski definition) is 3. The first-order valence-electron chi connectivity index (χ1n) is 5.77. The Kier molecular flexibility index (Phi) is 5.18. The third-order valence-corrected chi connectivity index (χ3v) is 2.96. The normalized spacial score (nSPS) is 11.6. The van der Waals surface area contributed by atoms with Crippen molar-refractivity contribution in [2.75, 3.05) is 12.4 Å². The SMILES string of the molecule is COc1cc(Cl)c(C)cc1NC(=O)C(C)NC(C)=O. The molecule has 0 aliphatic carbocycles. The predicted octanol–water partition coefficient (Wildman–Crippen LogP) is 2.12. The van der Waals surface area contributed by atoms with E-state index < -0.39 is 6.04 Å². The number of benzene rings is 1. The lowest BCUT2D eigenvalue weighted by atomic mass is 10.2. The first-order chi connectivity index (χ1) is 8.85. The Morgan fingerprint density at radius 1 is 1.37 bits per heavy atom. The maximum atomic E-state index is 11.9. The van der Waals surface area contributed by atoms with Gasteiger partial charge in [-0.05, 0) is 25.5 Å². The van der Waals surface area contributed by atoms with Crippen LogP contribution in [0.15, 0.2) is 12.1 Å². The summed E-state index contributed by atoms with van der Waals surface area (Å²) in [5.74, 6) is -0.115. The van der Waals surface area contributed by atoms with Crippen molar-refractivity contribution in [3.8, 4) is 5.75 Å². The van der Waals surface area contributed by atoms with E-state index in [4.69, 9.17) is 16.3 Å². The van der Waals surface area contributed by atoms with Crippen molar-refractivity contribution in [2.45, 2.75) is 26.8 Å². The van der Waals surface area contributed by atoms with Gasteiger partial charge in [-0.15, -0.1) is 0 Å². The first-order valence-corrected chi connectivity index (χ1v) is 6.15. The van der Waals surface area contributed by atoms with E-state index in [1.165, 1.54) is 14.0 Å². The van der Waals surface area contributed by atoms with E-state index in [9.17, 15) is 9.59 Å². The average molecular weight is 285 g/mol. The van der Waals surface area contributed by atoms with Crippen molar-refractivity contribution >= 4 is 29.1 Å². The molecule has 1 rings (SSSR count). The van der Waals surface area contributed by atoms with Gasteiger partial charge >= 0.3 is 0 Å². The summed E-state index contributed by atoms with van der Waals surface area (Å²) in [4.78, 5) is 22.8. The van der Waals surface area contributed by atoms with E-state index in [0.717, 1.165) is 5.56 Å². The number of carbonyl (C=O) groups excluding carboxylic acids is 2. The topological polar surface area (TPSA) is 67.4 Å². The number of nitrogens with one attached hydrogen (secondary N) is 2. The number of carbonyl (C=O) groups is 2. The quantitative estimate of drug-likeness (QED) is 0.890. The Labute approximate surface area is 117 Å². The molecule has 0 aliphatic rings. The summed E-state index contributed by atoms with van der Waals surface area (Å²) < 4.78 is 5.16. The average Bonchev–Trinajstić information content (AvgIpc) is 2.32.